The molecule has 0 unspecified atom stereocenters. The van der Waals surface area contributed by atoms with E-state index in [1.54, 1.807) is 36.8 Å². The molecule has 19 heavy (non-hydrogen) atoms. The lowest BCUT2D eigenvalue weighted by Crippen LogP contribution is -2.12. The second-order valence-electron chi connectivity index (χ2n) is 3.73. The summed E-state index contributed by atoms with van der Waals surface area (Å²) in [5.74, 6) is 0.915. The van der Waals surface area contributed by atoms with Crippen molar-refractivity contribution in [1.29, 1.82) is 0 Å². The van der Waals surface area contributed by atoms with E-state index in [4.69, 9.17) is 15.2 Å². The maximum Gasteiger partial charge on any atom is 0.269 e. The molecule has 1 aromatic carbocycles. The summed E-state index contributed by atoms with van der Waals surface area (Å²) in [6.45, 7) is 0. The number of nitrogens with one attached hydrogen (secondary N) is 1. The first kappa shape index (κ1) is 13.2. The van der Waals surface area contributed by atoms with Gasteiger partial charge in [-0.1, -0.05) is 0 Å². The third-order valence-electron chi connectivity index (χ3n) is 2.56. The minimum atomic E-state index is -0.258. The normalized spacial score (nSPS) is 10.0. The fourth-order valence-corrected chi connectivity index (χ4v) is 2.33. The molecule has 2 aromatic rings. The van der Waals surface area contributed by atoms with Crippen LogP contribution in [0.15, 0.2) is 29.6 Å². The van der Waals surface area contributed by atoms with Gasteiger partial charge in [-0.3, -0.25) is 4.79 Å². The van der Waals surface area contributed by atoms with Crippen LogP contribution in [0.1, 0.15) is 9.67 Å². The van der Waals surface area contributed by atoms with Gasteiger partial charge in [0.15, 0.2) is 0 Å². The monoisotopic (exact) mass is 278 g/mol. The summed E-state index contributed by atoms with van der Waals surface area (Å²) in [5, 5.41) is 4.54. The molecule has 1 heterocycles. The highest BCUT2D eigenvalue weighted by Gasteiger charge is 2.15. The minimum Gasteiger partial charge on any atom is -0.497 e. The number of amides is 1. The number of carbonyl (C=O) groups is 1. The maximum atomic E-state index is 12.1. The Morgan fingerprint density at radius 1 is 1.26 bits per heavy atom. The Morgan fingerprint density at radius 3 is 2.74 bits per heavy atom. The molecule has 3 N–H and O–H groups in total. The number of rotatable bonds is 4. The molecule has 0 aliphatic carbocycles. The molecule has 0 saturated carbocycles. The second kappa shape index (κ2) is 5.62. The number of thiophene rings is 1. The van der Waals surface area contributed by atoms with Crippen molar-refractivity contribution in [2.24, 2.45) is 0 Å². The van der Waals surface area contributed by atoms with Gasteiger partial charge in [-0.25, -0.2) is 0 Å². The summed E-state index contributed by atoms with van der Waals surface area (Å²) in [5.41, 5.74) is 6.81. The first-order chi connectivity index (χ1) is 9.15. The fourth-order valence-electron chi connectivity index (χ4n) is 1.57. The van der Waals surface area contributed by atoms with Crippen molar-refractivity contribution in [2.75, 3.05) is 25.3 Å². The number of hydrogen-bond donors (Lipinski definition) is 2. The highest BCUT2D eigenvalue weighted by Crippen LogP contribution is 2.28. The summed E-state index contributed by atoms with van der Waals surface area (Å²) in [6, 6.07) is 6.83. The van der Waals surface area contributed by atoms with Gasteiger partial charge in [0.2, 0.25) is 0 Å². The van der Waals surface area contributed by atoms with Crippen LogP contribution < -0.4 is 20.5 Å². The minimum absolute atomic E-state index is 0.258. The van der Waals surface area contributed by atoms with E-state index in [9.17, 15) is 4.79 Å². The maximum absolute atomic E-state index is 12.1. The van der Waals surface area contributed by atoms with E-state index < -0.39 is 0 Å². The molecule has 100 valence electrons. The van der Waals surface area contributed by atoms with Crippen LogP contribution >= 0.6 is 11.3 Å². The van der Waals surface area contributed by atoms with Crippen molar-refractivity contribution in [3.63, 3.8) is 0 Å². The number of anilines is 2. The van der Waals surface area contributed by atoms with Crippen LogP contribution in [0.4, 0.5) is 11.4 Å². The van der Waals surface area contributed by atoms with Crippen molar-refractivity contribution in [3.8, 4) is 11.5 Å². The van der Waals surface area contributed by atoms with E-state index in [0.29, 0.717) is 27.8 Å². The average molecular weight is 278 g/mol. The summed E-state index contributed by atoms with van der Waals surface area (Å²) in [4.78, 5) is 12.6. The predicted octanol–water partition coefficient (Wildman–Crippen LogP) is 2.60. The lowest BCUT2D eigenvalue weighted by atomic mass is 10.2. The highest BCUT2D eigenvalue weighted by atomic mass is 32.1. The number of ether oxygens (including phenoxy) is 2. The van der Waals surface area contributed by atoms with Gasteiger partial charge in [-0.2, -0.15) is 0 Å². The van der Waals surface area contributed by atoms with E-state index in [-0.39, 0.29) is 5.91 Å². The van der Waals surface area contributed by atoms with Crippen molar-refractivity contribution in [1.82, 2.24) is 0 Å². The number of benzene rings is 1. The van der Waals surface area contributed by atoms with Crippen LogP contribution in [0, 0.1) is 0 Å². The number of methoxy groups -OCH3 is 2. The Bertz CT molecular complexity index is 595. The topological polar surface area (TPSA) is 73.6 Å². The fraction of sp³-hybridized carbons (Fsp3) is 0.154. The molecule has 1 amide bonds. The summed E-state index contributed by atoms with van der Waals surface area (Å²) >= 11 is 1.31. The van der Waals surface area contributed by atoms with Crippen LogP contribution in [0.25, 0.3) is 0 Å². The quantitative estimate of drug-likeness (QED) is 0.843. The molecule has 0 fully saturated rings. The lowest BCUT2D eigenvalue weighted by Gasteiger charge is -2.10. The standard InChI is InChI=1S/C13H14N2O3S/c1-17-8-3-4-9(14)10(7-8)15-13(16)12-11(18-2)5-6-19-12/h3-7H,14H2,1-2H3,(H,15,16). The van der Waals surface area contributed by atoms with E-state index in [1.165, 1.54) is 18.4 Å². The lowest BCUT2D eigenvalue weighted by molar-refractivity contribution is 0.102. The van der Waals surface area contributed by atoms with Crippen molar-refractivity contribution in [3.05, 3.63) is 34.5 Å². The van der Waals surface area contributed by atoms with Crippen molar-refractivity contribution >= 4 is 28.6 Å². The number of nitrogen functional groups attached to an aromatic ring is 1. The average Bonchev–Trinajstić information content (AvgIpc) is 2.89. The Hall–Kier alpha value is -2.21. The van der Waals surface area contributed by atoms with Gasteiger partial charge in [0, 0.05) is 6.07 Å². The molecule has 0 aliphatic heterocycles. The van der Waals surface area contributed by atoms with Crippen LogP contribution in [-0.4, -0.2) is 20.1 Å². The molecule has 0 aliphatic rings. The van der Waals surface area contributed by atoms with Crippen LogP contribution in [-0.2, 0) is 0 Å². The third-order valence-corrected chi connectivity index (χ3v) is 3.46. The van der Waals surface area contributed by atoms with E-state index >= 15 is 0 Å². The van der Waals surface area contributed by atoms with Gasteiger partial charge < -0.3 is 20.5 Å². The molecule has 5 nitrogen and oxygen atoms in total. The summed E-state index contributed by atoms with van der Waals surface area (Å²) in [6.07, 6.45) is 0. The van der Waals surface area contributed by atoms with Gasteiger partial charge in [0.1, 0.15) is 16.4 Å². The smallest absolute Gasteiger partial charge is 0.269 e. The SMILES string of the molecule is COc1ccc(N)c(NC(=O)c2sccc2OC)c1. The summed E-state index contributed by atoms with van der Waals surface area (Å²) in [7, 11) is 3.08. The molecular formula is C13H14N2O3S. The van der Waals surface area contributed by atoms with Gasteiger partial charge in [0.25, 0.3) is 5.91 Å². The molecule has 0 spiro atoms. The van der Waals surface area contributed by atoms with Crippen LogP contribution in [0.5, 0.6) is 11.5 Å². The Balaban J connectivity index is 2.24. The molecule has 2 rings (SSSR count). The molecule has 0 radical (unpaired) electrons. The van der Waals surface area contributed by atoms with Gasteiger partial charge >= 0.3 is 0 Å². The van der Waals surface area contributed by atoms with Crippen molar-refractivity contribution < 1.29 is 14.3 Å². The van der Waals surface area contributed by atoms with Crippen LogP contribution in [0.2, 0.25) is 0 Å². The zero-order valence-electron chi connectivity index (χ0n) is 10.6. The molecule has 0 bridgehead atoms. The zero-order chi connectivity index (χ0) is 13.8. The van der Waals surface area contributed by atoms with Crippen LogP contribution in [0.3, 0.4) is 0 Å². The number of carbonyl (C=O) groups excluding carboxylic acids is 1. The molecule has 0 saturated heterocycles. The van der Waals surface area contributed by atoms with Gasteiger partial charge in [-0.05, 0) is 23.6 Å². The predicted molar refractivity (Wildman–Crippen MR) is 76.2 cm³/mol. The Morgan fingerprint density at radius 2 is 2.05 bits per heavy atom. The highest BCUT2D eigenvalue weighted by molar-refractivity contribution is 7.12. The first-order valence-electron chi connectivity index (χ1n) is 5.52. The molecule has 0 atom stereocenters. The van der Waals surface area contributed by atoms with Gasteiger partial charge in [0.05, 0.1) is 25.6 Å². The Kier molecular flexibility index (Phi) is 3.91. The Labute approximate surface area is 115 Å². The van der Waals surface area contributed by atoms with E-state index in [2.05, 4.69) is 5.32 Å². The van der Waals surface area contributed by atoms with E-state index in [1.807, 2.05) is 0 Å². The molecular weight excluding hydrogens is 264 g/mol. The van der Waals surface area contributed by atoms with E-state index in [0.717, 1.165) is 0 Å². The van der Waals surface area contributed by atoms with Gasteiger partial charge in [-0.15, -0.1) is 11.3 Å². The molecule has 6 heteroatoms. The van der Waals surface area contributed by atoms with Crippen molar-refractivity contribution in [2.45, 2.75) is 0 Å². The summed E-state index contributed by atoms with van der Waals surface area (Å²) < 4.78 is 10.2. The third kappa shape index (κ3) is 2.79. The number of nitrogens with two attached hydrogens (primary N) is 1. The molecule has 1 aromatic heterocycles. The first-order valence-corrected chi connectivity index (χ1v) is 6.40. The zero-order valence-corrected chi connectivity index (χ0v) is 11.4. The largest absolute Gasteiger partial charge is 0.497 e. The second-order valence-corrected chi connectivity index (χ2v) is 4.64. The number of hydrogen-bond acceptors (Lipinski definition) is 5.